The van der Waals surface area contributed by atoms with Crippen molar-refractivity contribution in [3.8, 4) is 5.75 Å². The Hall–Kier alpha value is -3.44. The van der Waals surface area contributed by atoms with E-state index in [2.05, 4.69) is 24.0 Å². The molecule has 1 aliphatic heterocycles. The first-order valence-electron chi connectivity index (χ1n) is 12.3. The SMILES string of the molecule is CC(CCCc1ccc(F)cc1)c1cc(O)c2c3c(c(=O)oc2c1)CCN(Cc1ccccc1)C3. The standard InChI is InChI=1S/C30H30FNO3/c1-20(6-5-9-21-10-12-24(31)13-11-21)23-16-27(33)29-26-19-32(18-22-7-3-2-4-8-22)15-14-25(26)30(34)35-28(29)17-23/h2-4,7-8,10-13,16-17,20,33H,5-6,9,14-15,18-19H2,1H3. The second kappa shape index (κ2) is 10.0. The number of hydrogen-bond acceptors (Lipinski definition) is 4. The van der Waals surface area contributed by atoms with Gasteiger partial charge in [0.05, 0.1) is 5.39 Å². The van der Waals surface area contributed by atoms with Gasteiger partial charge < -0.3 is 9.52 Å². The molecule has 5 rings (SSSR count). The van der Waals surface area contributed by atoms with Crippen LogP contribution in [0, 0.1) is 5.82 Å². The zero-order valence-electron chi connectivity index (χ0n) is 20.0. The van der Waals surface area contributed by atoms with Gasteiger partial charge in [0.1, 0.15) is 17.1 Å². The van der Waals surface area contributed by atoms with Crippen LogP contribution < -0.4 is 5.63 Å². The molecule has 0 radical (unpaired) electrons. The number of phenols is 1. The molecule has 4 aromatic rings. The molecular weight excluding hydrogens is 441 g/mol. The molecule has 0 aliphatic carbocycles. The van der Waals surface area contributed by atoms with Crippen LogP contribution in [0.25, 0.3) is 11.0 Å². The first kappa shape index (κ1) is 23.3. The number of rotatable bonds is 7. The van der Waals surface area contributed by atoms with Crippen molar-refractivity contribution in [3.63, 3.8) is 0 Å². The van der Waals surface area contributed by atoms with Gasteiger partial charge >= 0.3 is 5.63 Å². The molecule has 1 unspecified atom stereocenters. The van der Waals surface area contributed by atoms with Crippen molar-refractivity contribution < 1.29 is 13.9 Å². The van der Waals surface area contributed by atoms with Crippen LogP contribution in [0.5, 0.6) is 5.75 Å². The lowest BCUT2D eigenvalue weighted by molar-refractivity contribution is 0.243. The number of aromatic hydroxyl groups is 1. The Morgan fingerprint density at radius 3 is 2.57 bits per heavy atom. The summed E-state index contributed by atoms with van der Waals surface area (Å²) >= 11 is 0. The summed E-state index contributed by atoms with van der Waals surface area (Å²) in [5, 5.41) is 11.7. The molecule has 180 valence electrons. The van der Waals surface area contributed by atoms with Crippen LogP contribution in [0.15, 0.2) is 75.9 Å². The number of benzene rings is 3. The molecule has 5 heteroatoms. The Kier molecular flexibility index (Phi) is 6.69. The molecule has 1 atom stereocenters. The Bertz CT molecular complexity index is 1380. The van der Waals surface area contributed by atoms with Crippen LogP contribution in [0.4, 0.5) is 4.39 Å². The summed E-state index contributed by atoms with van der Waals surface area (Å²) in [6.45, 7) is 4.30. The number of aryl methyl sites for hydroxylation is 1. The van der Waals surface area contributed by atoms with Gasteiger partial charge in [-0.05, 0) is 78.1 Å². The van der Waals surface area contributed by atoms with Crippen molar-refractivity contribution in [2.75, 3.05) is 6.54 Å². The maximum atomic E-state index is 13.1. The lowest BCUT2D eigenvalue weighted by Crippen LogP contribution is -2.33. The van der Waals surface area contributed by atoms with Crippen molar-refractivity contribution in [2.45, 2.75) is 51.6 Å². The smallest absolute Gasteiger partial charge is 0.339 e. The van der Waals surface area contributed by atoms with Crippen LogP contribution in [0.3, 0.4) is 0 Å². The molecule has 35 heavy (non-hydrogen) atoms. The monoisotopic (exact) mass is 471 g/mol. The molecule has 0 bridgehead atoms. The normalized spacial score (nSPS) is 14.7. The topological polar surface area (TPSA) is 53.7 Å². The molecule has 1 aromatic heterocycles. The third kappa shape index (κ3) is 5.15. The van der Waals surface area contributed by atoms with E-state index in [-0.39, 0.29) is 23.1 Å². The van der Waals surface area contributed by atoms with Crippen LogP contribution in [0.2, 0.25) is 0 Å². The van der Waals surface area contributed by atoms with E-state index in [1.807, 2.05) is 42.5 Å². The Morgan fingerprint density at radius 1 is 1.03 bits per heavy atom. The molecule has 4 nitrogen and oxygen atoms in total. The average molecular weight is 472 g/mol. The molecule has 0 saturated heterocycles. The summed E-state index contributed by atoms with van der Waals surface area (Å²) < 4.78 is 18.8. The molecule has 3 aromatic carbocycles. The van der Waals surface area contributed by atoms with E-state index in [1.54, 1.807) is 0 Å². The number of halogens is 1. The number of nitrogens with zero attached hydrogens (tertiary/aromatic N) is 1. The summed E-state index contributed by atoms with van der Waals surface area (Å²) in [7, 11) is 0. The number of hydrogen-bond donors (Lipinski definition) is 1. The third-order valence-corrected chi connectivity index (χ3v) is 7.11. The average Bonchev–Trinajstić information content (AvgIpc) is 2.85. The molecular formula is C30H30FNO3. The largest absolute Gasteiger partial charge is 0.507 e. The predicted molar refractivity (Wildman–Crippen MR) is 136 cm³/mol. The highest BCUT2D eigenvalue weighted by Crippen LogP contribution is 2.36. The van der Waals surface area contributed by atoms with Gasteiger partial charge in [-0.25, -0.2) is 9.18 Å². The molecule has 1 N–H and O–H groups in total. The Morgan fingerprint density at radius 2 is 1.80 bits per heavy atom. The Labute approximate surface area is 204 Å². The van der Waals surface area contributed by atoms with Crippen molar-refractivity contribution in [1.29, 1.82) is 0 Å². The lowest BCUT2D eigenvalue weighted by atomic mass is 9.91. The highest BCUT2D eigenvalue weighted by atomic mass is 19.1. The van der Waals surface area contributed by atoms with Gasteiger partial charge in [0.25, 0.3) is 0 Å². The van der Waals surface area contributed by atoms with E-state index in [4.69, 9.17) is 4.42 Å². The summed E-state index contributed by atoms with van der Waals surface area (Å²) in [6, 6.07) is 20.6. The van der Waals surface area contributed by atoms with E-state index in [0.29, 0.717) is 29.5 Å². The predicted octanol–water partition coefficient (Wildman–Crippen LogP) is 6.32. The van der Waals surface area contributed by atoms with Gasteiger partial charge in [-0.15, -0.1) is 0 Å². The fourth-order valence-electron chi connectivity index (χ4n) is 5.13. The summed E-state index contributed by atoms with van der Waals surface area (Å²) in [5.74, 6) is 0.131. The van der Waals surface area contributed by atoms with Crippen molar-refractivity contribution in [2.24, 2.45) is 0 Å². The van der Waals surface area contributed by atoms with Gasteiger partial charge in [0.2, 0.25) is 0 Å². The molecule has 1 aliphatic rings. The van der Waals surface area contributed by atoms with Gasteiger partial charge in [-0.2, -0.15) is 0 Å². The Balaban J connectivity index is 1.36. The second-order valence-electron chi connectivity index (χ2n) is 9.63. The zero-order valence-corrected chi connectivity index (χ0v) is 20.0. The summed E-state index contributed by atoms with van der Waals surface area (Å²) in [4.78, 5) is 15.1. The van der Waals surface area contributed by atoms with Gasteiger partial charge in [0, 0.05) is 25.2 Å². The van der Waals surface area contributed by atoms with Crippen LogP contribution >= 0.6 is 0 Å². The minimum atomic E-state index is -0.299. The fraction of sp³-hybridized carbons (Fsp3) is 0.300. The van der Waals surface area contributed by atoms with E-state index in [0.717, 1.165) is 49.0 Å². The maximum Gasteiger partial charge on any atom is 0.339 e. The lowest BCUT2D eigenvalue weighted by Gasteiger charge is -2.29. The van der Waals surface area contributed by atoms with Crippen molar-refractivity contribution >= 4 is 11.0 Å². The minimum absolute atomic E-state index is 0.171. The third-order valence-electron chi connectivity index (χ3n) is 7.11. The van der Waals surface area contributed by atoms with Crippen LogP contribution in [-0.2, 0) is 25.9 Å². The highest BCUT2D eigenvalue weighted by Gasteiger charge is 2.25. The van der Waals surface area contributed by atoms with Crippen LogP contribution in [-0.4, -0.2) is 16.6 Å². The second-order valence-corrected chi connectivity index (χ2v) is 9.63. The van der Waals surface area contributed by atoms with Crippen molar-refractivity contribution in [3.05, 3.63) is 111 Å². The first-order valence-corrected chi connectivity index (χ1v) is 12.3. The zero-order chi connectivity index (χ0) is 24.4. The molecule has 0 fully saturated rings. The van der Waals surface area contributed by atoms with E-state index < -0.39 is 0 Å². The molecule has 2 heterocycles. The number of phenolic OH excluding ortho intramolecular Hbond substituents is 1. The van der Waals surface area contributed by atoms with E-state index >= 15 is 0 Å². The molecule has 0 spiro atoms. The van der Waals surface area contributed by atoms with Crippen molar-refractivity contribution in [1.82, 2.24) is 4.90 Å². The highest BCUT2D eigenvalue weighted by molar-refractivity contribution is 5.88. The van der Waals surface area contributed by atoms with Gasteiger partial charge in [-0.1, -0.05) is 49.4 Å². The van der Waals surface area contributed by atoms with Crippen LogP contribution in [0.1, 0.15) is 53.5 Å². The first-order chi connectivity index (χ1) is 17.0. The van der Waals surface area contributed by atoms with E-state index in [9.17, 15) is 14.3 Å². The summed E-state index contributed by atoms with van der Waals surface area (Å²) in [5.41, 5.74) is 5.00. The van der Waals surface area contributed by atoms with Gasteiger partial charge in [-0.3, -0.25) is 4.90 Å². The quantitative estimate of drug-likeness (QED) is 0.320. The fourth-order valence-corrected chi connectivity index (χ4v) is 5.13. The van der Waals surface area contributed by atoms with E-state index in [1.165, 1.54) is 17.7 Å². The summed E-state index contributed by atoms with van der Waals surface area (Å²) in [6.07, 6.45) is 3.32. The molecule has 0 saturated carbocycles. The molecule has 0 amide bonds. The maximum absolute atomic E-state index is 13.1. The number of fused-ring (bicyclic) bond motifs is 3. The van der Waals surface area contributed by atoms with Gasteiger partial charge in [0.15, 0.2) is 0 Å². The minimum Gasteiger partial charge on any atom is -0.507 e.